The molecule has 0 unspecified atom stereocenters. The van der Waals surface area contributed by atoms with Crippen LogP contribution in [0.25, 0.3) is 0 Å². The lowest BCUT2D eigenvalue weighted by molar-refractivity contribution is -0.142. The molecule has 1 amide bonds. The summed E-state index contributed by atoms with van der Waals surface area (Å²) in [7, 11) is -2.70. The molecular formula is C28H30ClFN2O7S. The van der Waals surface area contributed by atoms with Gasteiger partial charge in [0.15, 0.2) is 5.75 Å². The molecule has 0 heterocycles. The van der Waals surface area contributed by atoms with Crippen LogP contribution in [0, 0.1) is 5.82 Å². The van der Waals surface area contributed by atoms with Crippen LogP contribution < -0.4 is 19.5 Å². The second-order valence-corrected chi connectivity index (χ2v) is 11.7. The predicted octanol–water partition coefficient (Wildman–Crippen LogP) is 5.71. The molecule has 12 heteroatoms. The van der Waals surface area contributed by atoms with E-state index in [9.17, 15) is 22.4 Å². The number of carbonyl (C=O) groups excluding carboxylic acids is 2. The van der Waals surface area contributed by atoms with Crippen molar-refractivity contribution in [1.82, 2.24) is 5.32 Å². The van der Waals surface area contributed by atoms with Crippen molar-refractivity contribution in [3.8, 4) is 17.2 Å². The third-order valence-electron chi connectivity index (χ3n) is 5.31. The van der Waals surface area contributed by atoms with Gasteiger partial charge in [-0.2, -0.15) is 0 Å². The molecule has 0 spiro atoms. The summed E-state index contributed by atoms with van der Waals surface area (Å²) in [5.74, 6) is -1.56. The molecule has 2 N–H and O–H groups in total. The Morgan fingerprint density at radius 2 is 1.68 bits per heavy atom. The minimum absolute atomic E-state index is 0.00503. The van der Waals surface area contributed by atoms with Crippen LogP contribution in [0.4, 0.5) is 10.1 Å². The molecule has 214 valence electrons. The summed E-state index contributed by atoms with van der Waals surface area (Å²) in [4.78, 5) is 24.5. The Morgan fingerprint density at radius 3 is 2.27 bits per heavy atom. The lowest BCUT2D eigenvalue weighted by Crippen LogP contribution is -2.40. The third kappa shape index (κ3) is 8.09. The van der Waals surface area contributed by atoms with E-state index in [1.165, 1.54) is 55.6 Å². The van der Waals surface area contributed by atoms with Gasteiger partial charge in [-0.05, 0) is 76.2 Å². The Labute approximate surface area is 237 Å². The molecule has 0 atom stereocenters. The molecule has 0 aliphatic rings. The smallest absolute Gasteiger partial charge is 0.310 e. The maximum Gasteiger partial charge on any atom is 0.310 e. The van der Waals surface area contributed by atoms with Crippen LogP contribution in [-0.4, -0.2) is 39.5 Å². The standard InChI is InChI=1S/C28H30ClFN2O7S/c1-6-38-26(33)15-18-13-21(29)25(16-22(18)30)39-24-12-7-17(27(34)31-28(2,3)4)14-23(24)32-40(35,36)20-10-8-19(37-5)9-11-20/h7-14,16,32H,6,15H2,1-5H3,(H,31,34). The van der Waals surface area contributed by atoms with Crippen LogP contribution in [0.3, 0.4) is 0 Å². The highest BCUT2D eigenvalue weighted by Crippen LogP contribution is 2.37. The Morgan fingerprint density at radius 1 is 1.00 bits per heavy atom. The van der Waals surface area contributed by atoms with E-state index in [1.807, 2.05) is 0 Å². The predicted molar refractivity (Wildman–Crippen MR) is 149 cm³/mol. The van der Waals surface area contributed by atoms with Crippen LogP contribution in [0.5, 0.6) is 17.2 Å². The summed E-state index contributed by atoms with van der Waals surface area (Å²) in [6.07, 6.45) is -0.329. The first-order valence-corrected chi connectivity index (χ1v) is 14.0. The normalized spacial score (nSPS) is 11.5. The topological polar surface area (TPSA) is 120 Å². The highest BCUT2D eigenvalue weighted by molar-refractivity contribution is 7.92. The Kier molecular flexibility index (Phi) is 9.65. The molecule has 9 nitrogen and oxygen atoms in total. The van der Waals surface area contributed by atoms with Crippen LogP contribution in [-0.2, 0) is 26.0 Å². The molecule has 0 fully saturated rings. The van der Waals surface area contributed by atoms with Crippen LogP contribution >= 0.6 is 11.6 Å². The van der Waals surface area contributed by atoms with Crippen LogP contribution in [0.2, 0.25) is 5.02 Å². The Hall–Kier alpha value is -3.83. The van der Waals surface area contributed by atoms with Gasteiger partial charge in [-0.15, -0.1) is 0 Å². The molecule has 0 aromatic heterocycles. The van der Waals surface area contributed by atoms with Crippen molar-refractivity contribution in [3.63, 3.8) is 0 Å². The maximum absolute atomic E-state index is 14.8. The summed E-state index contributed by atoms with van der Waals surface area (Å²) in [5.41, 5.74) is -0.489. The van der Waals surface area contributed by atoms with Crippen molar-refractivity contribution < 1.29 is 36.6 Å². The van der Waals surface area contributed by atoms with Crippen LogP contribution in [0.1, 0.15) is 43.6 Å². The summed E-state index contributed by atoms with van der Waals surface area (Å²) >= 11 is 6.32. The van der Waals surface area contributed by atoms with E-state index in [-0.39, 0.29) is 51.3 Å². The number of anilines is 1. The van der Waals surface area contributed by atoms with Gasteiger partial charge in [0.2, 0.25) is 0 Å². The molecule has 3 aromatic carbocycles. The molecule has 40 heavy (non-hydrogen) atoms. The minimum atomic E-state index is -4.15. The average molecular weight is 593 g/mol. The van der Waals surface area contributed by atoms with Gasteiger partial charge in [0, 0.05) is 22.7 Å². The fraction of sp³-hybridized carbons (Fsp3) is 0.286. The van der Waals surface area contributed by atoms with E-state index in [1.54, 1.807) is 27.7 Å². The molecule has 0 saturated heterocycles. The van der Waals surface area contributed by atoms with Gasteiger partial charge in [0.1, 0.15) is 17.3 Å². The number of ether oxygens (including phenoxy) is 3. The third-order valence-corrected chi connectivity index (χ3v) is 6.98. The fourth-order valence-electron chi connectivity index (χ4n) is 3.48. The van der Waals surface area contributed by atoms with Gasteiger partial charge in [-0.25, -0.2) is 12.8 Å². The molecule has 0 aliphatic carbocycles. The quantitative estimate of drug-likeness (QED) is 0.289. The molecule has 3 rings (SSSR count). The van der Waals surface area contributed by atoms with E-state index in [4.69, 9.17) is 25.8 Å². The second-order valence-electron chi connectivity index (χ2n) is 9.65. The van der Waals surface area contributed by atoms with E-state index in [2.05, 4.69) is 10.0 Å². The van der Waals surface area contributed by atoms with Gasteiger partial charge in [0.05, 0.1) is 35.7 Å². The van der Waals surface area contributed by atoms with E-state index in [0.717, 1.165) is 6.07 Å². The first-order valence-electron chi connectivity index (χ1n) is 12.2. The summed E-state index contributed by atoms with van der Waals surface area (Å²) in [6.45, 7) is 7.19. The number of amides is 1. The first kappa shape index (κ1) is 30.7. The zero-order chi connectivity index (χ0) is 29.7. The van der Waals surface area contributed by atoms with Crippen molar-refractivity contribution >= 4 is 39.2 Å². The molecule has 0 aliphatic heterocycles. The SMILES string of the molecule is CCOC(=O)Cc1cc(Cl)c(Oc2ccc(C(=O)NC(C)(C)C)cc2NS(=O)(=O)c2ccc(OC)cc2)cc1F. The van der Waals surface area contributed by atoms with Crippen molar-refractivity contribution in [2.45, 2.75) is 44.6 Å². The van der Waals surface area contributed by atoms with E-state index in [0.29, 0.717) is 5.75 Å². The number of rotatable bonds is 10. The number of halogens is 2. The number of nitrogens with one attached hydrogen (secondary N) is 2. The number of carbonyl (C=O) groups is 2. The molecular weight excluding hydrogens is 563 g/mol. The summed E-state index contributed by atoms with van der Waals surface area (Å²) in [6, 6.07) is 12.0. The highest BCUT2D eigenvalue weighted by atomic mass is 35.5. The van der Waals surface area contributed by atoms with Gasteiger partial charge < -0.3 is 19.5 Å². The number of hydrogen-bond acceptors (Lipinski definition) is 7. The summed E-state index contributed by atoms with van der Waals surface area (Å²) < 4.78 is 59.4. The molecule has 3 aromatic rings. The number of hydrogen-bond donors (Lipinski definition) is 2. The van der Waals surface area contributed by atoms with Gasteiger partial charge in [-0.3, -0.25) is 14.3 Å². The zero-order valence-corrected chi connectivity index (χ0v) is 24.2. The monoisotopic (exact) mass is 592 g/mol. The first-order chi connectivity index (χ1) is 18.7. The van der Waals surface area contributed by atoms with Gasteiger partial charge in [-0.1, -0.05) is 11.6 Å². The van der Waals surface area contributed by atoms with E-state index >= 15 is 0 Å². The van der Waals surface area contributed by atoms with Crippen molar-refractivity contribution in [2.24, 2.45) is 0 Å². The highest BCUT2D eigenvalue weighted by Gasteiger charge is 2.22. The average Bonchev–Trinajstić information content (AvgIpc) is 2.87. The number of benzene rings is 3. The maximum atomic E-state index is 14.8. The number of sulfonamides is 1. The minimum Gasteiger partial charge on any atom is -0.497 e. The molecule has 0 saturated carbocycles. The van der Waals surface area contributed by atoms with Gasteiger partial charge >= 0.3 is 5.97 Å². The van der Waals surface area contributed by atoms with Crippen molar-refractivity contribution in [1.29, 1.82) is 0 Å². The van der Waals surface area contributed by atoms with Crippen molar-refractivity contribution in [2.75, 3.05) is 18.4 Å². The Balaban J connectivity index is 2.01. The fourth-order valence-corrected chi connectivity index (χ4v) is 4.77. The number of esters is 1. The van der Waals surface area contributed by atoms with Crippen molar-refractivity contribution in [3.05, 3.63) is 76.6 Å². The zero-order valence-electron chi connectivity index (χ0n) is 22.6. The van der Waals surface area contributed by atoms with Crippen LogP contribution in [0.15, 0.2) is 59.5 Å². The largest absolute Gasteiger partial charge is 0.497 e. The number of methoxy groups -OCH3 is 1. The lowest BCUT2D eigenvalue weighted by Gasteiger charge is -2.21. The lowest BCUT2D eigenvalue weighted by atomic mass is 10.1. The molecule has 0 radical (unpaired) electrons. The van der Waals surface area contributed by atoms with E-state index < -0.39 is 33.3 Å². The second kappa shape index (κ2) is 12.6. The Bertz CT molecular complexity index is 1500. The van der Waals surface area contributed by atoms with Gasteiger partial charge in [0.25, 0.3) is 15.9 Å². The summed E-state index contributed by atoms with van der Waals surface area (Å²) in [5, 5.41) is 2.78. The molecule has 0 bridgehead atoms.